The summed E-state index contributed by atoms with van der Waals surface area (Å²) in [5, 5.41) is 8.99. The zero-order valence-electron chi connectivity index (χ0n) is 7.80. The third kappa shape index (κ3) is 1.18. The minimum absolute atomic E-state index is 0.227. The molecule has 0 aromatic heterocycles. The van der Waals surface area contributed by atoms with Crippen LogP contribution in [0.1, 0.15) is 26.7 Å². The summed E-state index contributed by atoms with van der Waals surface area (Å²) in [6.45, 7) is 5.57. The van der Waals surface area contributed by atoms with Crippen LogP contribution in [0.25, 0.3) is 0 Å². The van der Waals surface area contributed by atoms with Crippen molar-refractivity contribution in [3.8, 4) is 0 Å². The Morgan fingerprint density at radius 3 is 2.18 bits per heavy atom. The molecule has 0 unspecified atom stereocenters. The highest BCUT2D eigenvalue weighted by atomic mass is 16.3. The zero-order chi connectivity index (χ0) is 8.48. The Hall–Kier alpha value is -0.0800. The van der Waals surface area contributed by atoms with Crippen molar-refractivity contribution in [3.63, 3.8) is 0 Å². The van der Waals surface area contributed by atoms with E-state index in [0.29, 0.717) is 6.61 Å². The minimum atomic E-state index is 0.227. The van der Waals surface area contributed by atoms with Crippen molar-refractivity contribution in [2.24, 2.45) is 5.92 Å². The number of hydrogen-bond acceptors (Lipinski definition) is 2. The van der Waals surface area contributed by atoms with Gasteiger partial charge in [-0.2, -0.15) is 0 Å². The van der Waals surface area contributed by atoms with E-state index >= 15 is 0 Å². The topological polar surface area (TPSA) is 23.5 Å². The molecule has 2 bridgehead atoms. The van der Waals surface area contributed by atoms with Crippen LogP contribution in [0.2, 0.25) is 0 Å². The molecule has 2 heteroatoms. The summed E-state index contributed by atoms with van der Waals surface area (Å²) in [6, 6.07) is 0. The summed E-state index contributed by atoms with van der Waals surface area (Å²) >= 11 is 0. The fraction of sp³-hybridized carbons (Fsp3) is 1.00. The van der Waals surface area contributed by atoms with Gasteiger partial charge in [0.2, 0.25) is 0 Å². The highest BCUT2D eigenvalue weighted by Crippen LogP contribution is 2.48. The predicted octanol–water partition coefficient (Wildman–Crippen LogP) is 1.10. The quantitative estimate of drug-likeness (QED) is 0.616. The lowest BCUT2D eigenvalue weighted by molar-refractivity contribution is 0.0518. The summed E-state index contributed by atoms with van der Waals surface area (Å²) in [5.41, 5.74) is 0.227. The van der Waals surface area contributed by atoms with E-state index < -0.39 is 0 Å². The van der Waals surface area contributed by atoms with Gasteiger partial charge in [0.15, 0.2) is 0 Å². The molecule has 0 amide bonds. The molecule has 0 aromatic rings. The summed E-state index contributed by atoms with van der Waals surface area (Å²) in [4.78, 5) is 2.30. The van der Waals surface area contributed by atoms with Crippen LogP contribution in [-0.4, -0.2) is 35.7 Å². The second-order valence-electron chi connectivity index (χ2n) is 3.54. The van der Waals surface area contributed by atoms with E-state index in [1.54, 1.807) is 0 Å². The lowest BCUT2D eigenvalue weighted by Crippen LogP contribution is -2.47. The Morgan fingerprint density at radius 1 is 1.45 bits per heavy atom. The number of rotatable bonds is 1. The molecule has 11 heavy (non-hydrogen) atoms. The van der Waals surface area contributed by atoms with Crippen LogP contribution >= 0.6 is 0 Å². The van der Waals surface area contributed by atoms with Gasteiger partial charge in [-0.1, -0.05) is 13.8 Å². The van der Waals surface area contributed by atoms with Gasteiger partial charge in [-0.15, -0.1) is 0 Å². The number of nitrogens with zero attached hydrogens (tertiary/aromatic N) is 1. The second-order valence-corrected chi connectivity index (χ2v) is 3.54. The van der Waals surface area contributed by atoms with Gasteiger partial charge in [0.05, 0.1) is 6.61 Å². The van der Waals surface area contributed by atoms with E-state index in [0.717, 1.165) is 5.92 Å². The third-order valence-corrected chi connectivity index (χ3v) is 2.97. The van der Waals surface area contributed by atoms with Crippen LogP contribution in [0.3, 0.4) is 0 Å². The number of aliphatic hydroxyl groups is 1. The van der Waals surface area contributed by atoms with E-state index in [1.807, 2.05) is 13.8 Å². The molecule has 1 aliphatic carbocycles. The van der Waals surface area contributed by atoms with E-state index in [9.17, 15) is 0 Å². The summed E-state index contributed by atoms with van der Waals surface area (Å²) in [7, 11) is 2.11. The molecular formula is C9H19NO. The normalized spacial score (nSPS) is 40.9. The largest absolute Gasteiger partial charge is 0.394 e. The molecule has 1 N–H and O–H groups in total. The highest BCUT2D eigenvalue weighted by molar-refractivity contribution is 5.08. The van der Waals surface area contributed by atoms with Gasteiger partial charge < -0.3 is 5.11 Å². The van der Waals surface area contributed by atoms with Crippen molar-refractivity contribution in [2.45, 2.75) is 32.2 Å². The number of likely N-dealkylation sites (N-methyl/N-ethyl adjacent to an activating group) is 1. The molecule has 1 saturated carbocycles. The van der Waals surface area contributed by atoms with E-state index in [1.165, 1.54) is 19.4 Å². The van der Waals surface area contributed by atoms with Gasteiger partial charge in [-0.25, -0.2) is 0 Å². The van der Waals surface area contributed by atoms with Gasteiger partial charge >= 0.3 is 0 Å². The van der Waals surface area contributed by atoms with Crippen molar-refractivity contribution in [1.82, 2.24) is 4.90 Å². The summed E-state index contributed by atoms with van der Waals surface area (Å²) in [6.07, 6.45) is 2.47. The molecule has 0 radical (unpaired) electrons. The maximum Gasteiger partial charge on any atom is 0.0615 e. The van der Waals surface area contributed by atoms with Crippen LogP contribution in [0.4, 0.5) is 0 Å². The first-order valence-corrected chi connectivity index (χ1v) is 4.59. The molecule has 3 rings (SSSR count). The SMILES string of the molecule is CC.CN1CC2CC1(CO)C2. The highest BCUT2D eigenvalue weighted by Gasteiger charge is 2.53. The Morgan fingerprint density at radius 2 is 2.00 bits per heavy atom. The number of fused-ring (bicyclic) bond motifs is 1. The van der Waals surface area contributed by atoms with Crippen molar-refractivity contribution in [2.75, 3.05) is 20.2 Å². The molecule has 0 spiro atoms. The first-order chi connectivity index (χ1) is 5.27. The molecule has 2 aliphatic heterocycles. The predicted molar refractivity (Wildman–Crippen MR) is 46.5 cm³/mol. The number of hydrogen-bond donors (Lipinski definition) is 1. The molecular weight excluding hydrogens is 138 g/mol. The van der Waals surface area contributed by atoms with Crippen molar-refractivity contribution in [1.29, 1.82) is 0 Å². The number of aliphatic hydroxyl groups excluding tert-OH is 1. The lowest BCUT2D eigenvalue weighted by Gasteiger charge is -2.39. The Bertz CT molecular complexity index is 130. The first-order valence-electron chi connectivity index (χ1n) is 4.59. The summed E-state index contributed by atoms with van der Waals surface area (Å²) in [5.74, 6) is 0.905. The van der Waals surface area contributed by atoms with Crippen molar-refractivity contribution >= 4 is 0 Å². The van der Waals surface area contributed by atoms with Gasteiger partial charge in [0, 0.05) is 12.1 Å². The van der Waals surface area contributed by atoms with Crippen LogP contribution < -0.4 is 0 Å². The average molecular weight is 157 g/mol. The maximum atomic E-state index is 8.99. The molecule has 2 heterocycles. The lowest BCUT2D eigenvalue weighted by atomic mass is 9.74. The van der Waals surface area contributed by atoms with Crippen LogP contribution in [0.15, 0.2) is 0 Å². The van der Waals surface area contributed by atoms with E-state index in [2.05, 4.69) is 11.9 Å². The average Bonchev–Trinajstić information content (AvgIpc) is 2.44. The Labute approximate surface area is 69.2 Å². The van der Waals surface area contributed by atoms with Crippen molar-refractivity contribution in [3.05, 3.63) is 0 Å². The molecule has 0 aromatic carbocycles. The van der Waals surface area contributed by atoms with Crippen molar-refractivity contribution < 1.29 is 5.11 Å². The standard InChI is InChI=1S/C7H13NO.C2H6/c1-8-4-6-2-7(8,3-6)5-9;1-2/h6,9H,2-5H2,1H3;1-2H3. The monoisotopic (exact) mass is 157 g/mol. The van der Waals surface area contributed by atoms with Gasteiger partial charge in [0.1, 0.15) is 0 Å². The Kier molecular flexibility index (Phi) is 2.55. The second kappa shape index (κ2) is 3.11. The molecule has 66 valence electrons. The third-order valence-electron chi connectivity index (χ3n) is 2.97. The fourth-order valence-electron chi connectivity index (χ4n) is 2.29. The minimum Gasteiger partial charge on any atom is -0.394 e. The Balaban J connectivity index is 0.000000281. The molecule has 3 aliphatic rings. The van der Waals surface area contributed by atoms with Gasteiger partial charge in [0.25, 0.3) is 0 Å². The van der Waals surface area contributed by atoms with Gasteiger partial charge in [-0.3, -0.25) is 4.90 Å². The van der Waals surface area contributed by atoms with Crippen LogP contribution in [0, 0.1) is 5.92 Å². The maximum absolute atomic E-state index is 8.99. The van der Waals surface area contributed by atoms with Crippen LogP contribution in [0.5, 0.6) is 0 Å². The molecule has 3 fully saturated rings. The summed E-state index contributed by atoms with van der Waals surface area (Å²) < 4.78 is 0. The van der Waals surface area contributed by atoms with E-state index in [4.69, 9.17) is 5.11 Å². The molecule has 2 nitrogen and oxygen atoms in total. The van der Waals surface area contributed by atoms with E-state index in [-0.39, 0.29) is 5.54 Å². The first kappa shape index (κ1) is 9.01. The van der Waals surface area contributed by atoms with Crippen LogP contribution in [-0.2, 0) is 0 Å². The fourth-order valence-corrected chi connectivity index (χ4v) is 2.29. The molecule has 0 atom stereocenters. The zero-order valence-corrected chi connectivity index (χ0v) is 7.80. The van der Waals surface area contributed by atoms with Gasteiger partial charge in [-0.05, 0) is 25.8 Å². The smallest absolute Gasteiger partial charge is 0.0615 e. The molecule has 2 saturated heterocycles.